The highest BCUT2D eigenvalue weighted by atomic mass is 16.2. The van der Waals surface area contributed by atoms with Crippen LogP contribution < -0.4 is 15.1 Å². The summed E-state index contributed by atoms with van der Waals surface area (Å²) in [6, 6.07) is 15.4. The van der Waals surface area contributed by atoms with Gasteiger partial charge in [0.15, 0.2) is 0 Å². The summed E-state index contributed by atoms with van der Waals surface area (Å²) < 4.78 is 0. The van der Waals surface area contributed by atoms with Crippen LogP contribution in [0, 0.1) is 0 Å². The fraction of sp³-hybridized carbons (Fsp3) is 0.304. The Balaban J connectivity index is 1.61. The van der Waals surface area contributed by atoms with E-state index in [0.29, 0.717) is 18.7 Å². The molecule has 0 radical (unpaired) electrons. The molecule has 144 valence electrons. The van der Waals surface area contributed by atoms with Gasteiger partial charge < -0.3 is 15.1 Å². The van der Waals surface area contributed by atoms with Gasteiger partial charge in [-0.25, -0.2) is 0 Å². The fourth-order valence-corrected chi connectivity index (χ4v) is 4.10. The van der Waals surface area contributed by atoms with Crippen molar-refractivity contribution in [1.82, 2.24) is 5.32 Å². The number of piperidine rings is 1. The first kappa shape index (κ1) is 18.3. The molecule has 0 bridgehead atoms. The molecule has 2 aliphatic heterocycles. The number of rotatable bonds is 5. The van der Waals surface area contributed by atoms with E-state index in [-0.39, 0.29) is 17.9 Å². The van der Waals surface area contributed by atoms with E-state index in [1.807, 2.05) is 48.5 Å². The average molecular weight is 375 g/mol. The van der Waals surface area contributed by atoms with E-state index in [4.69, 9.17) is 0 Å². The predicted octanol–water partition coefficient (Wildman–Crippen LogP) is 3.51. The van der Waals surface area contributed by atoms with Crippen LogP contribution in [0.1, 0.15) is 35.2 Å². The fourth-order valence-electron chi connectivity index (χ4n) is 4.10. The number of fused-ring (bicyclic) bond motifs is 3. The summed E-state index contributed by atoms with van der Waals surface area (Å²) in [6.07, 6.45) is 4.78. The van der Waals surface area contributed by atoms with Crippen molar-refractivity contribution in [2.24, 2.45) is 0 Å². The second-order valence-electron chi connectivity index (χ2n) is 7.31. The molecule has 1 saturated heterocycles. The lowest BCUT2D eigenvalue weighted by molar-refractivity contribution is -0.120. The Kier molecular flexibility index (Phi) is 5.15. The number of benzene rings is 2. The number of nitrogens with zero attached hydrogens (tertiary/aromatic N) is 2. The normalized spacial score (nSPS) is 18.3. The van der Waals surface area contributed by atoms with Crippen LogP contribution in [-0.4, -0.2) is 30.9 Å². The first-order valence-electron chi connectivity index (χ1n) is 9.84. The molecule has 0 aromatic heterocycles. The summed E-state index contributed by atoms with van der Waals surface area (Å²) in [5.41, 5.74) is 3.45. The average Bonchev–Trinajstić information content (AvgIpc) is 2.75. The van der Waals surface area contributed by atoms with Gasteiger partial charge in [-0.05, 0) is 43.0 Å². The molecule has 2 amide bonds. The Morgan fingerprint density at radius 2 is 1.96 bits per heavy atom. The molecule has 0 spiro atoms. The SMILES string of the molecule is C=CCN1C(=O)[C@@H]2CCCCN2c2ccc(C(=O)NCc3ccccc3)cc21. The van der Waals surface area contributed by atoms with E-state index in [9.17, 15) is 9.59 Å². The van der Waals surface area contributed by atoms with Gasteiger partial charge in [0.1, 0.15) is 6.04 Å². The molecule has 2 heterocycles. The number of carbonyl (C=O) groups excluding carboxylic acids is 2. The molecule has 28 heavy (non-hydrogen) atoms. The minimum absolute atomic E-state index is 0.0982. The second kappa shape index (κ2) is 7.89. The molecule has 1 fully saturated rings. The first-order valence-corrected chi connectivity index (χ1v) is 9.84. The topological polar surface area (TPSA) is 52.7 Å². The highest BCUT2D eigenvalue weighted by Crippen LogP contribution is 2.39. The van der Waals surface area contributed by atoms with Gasteiger partial charge in [0.2, 0.25) is 5.91 Å². The lowest BCUT2D eigenvalue weighted by Gasteiger charge is -2.45. The van der Waals surface area contributed by atoms with Crippen LogP contribution in [-0.2, 0) is 11.3 Å². The van der Waals surface area contributed by atoms with Gasteiger partial charge in [-0.2, -0.15) is 0 Å². The lowest BCUT2D eigenvalue weighted by atomic mass is 9.95. The molecule has 4 rings (SSSR count). The second-order valence-corrected chi connectivity index (χ2v) is 7.31. The smallest absolute Gasteiger partial charge is 0.251 e. The van der Waals surface area contributed by atoms with Crippen LogP contribution in [0.25, 0.3) is 0 Å². The summed E-state index contributed by atoms with van der Waals surface area (Å²) >= 11 is 0. The van der Waals surface area contributed by atoms with Crippen molar-refractivity contribution >= 4 is 23.2 Å². The summed E-state index contributed by atoms with van der Waals surface area (Å²) in [5, 5.41) is 2.96. The maximum absolute atomic E-state index is 13.0. The van der Waals surface area contributed by atoms with Crippen molar-refractivity contribution in [2.45, 2.75) is 31.8 Å². The summed E-state index contributed by atoms with van der Waals surface area (Å²) in [4.78, 5) is 29.7. The standard InChI is InChI=1S/C23H25N3O2/c1-2-13-26-21-15-18(22(27)24-16-17-8-4-3-5-9-17)11-12-19(21)25-14-7-6-10-20(25)23(26)28/h2-5,8-9,11-12,15,20H,1,6-7,10,13-14,16H2,(H,24,27)/t20-/m0/s1. The van der Waals surface area contributed by atoms with Gasteiger partial charge in [-0.3, -0.25) is 9.59 Å². The molecule has 0 saturated carbocycles. The third-order valence-electron chi connectivity index (χ3n) is 5.50. The number of nitrogens with one attached hydrogen (secondary N) is 1. The van der Waals surface area contributed by atoms with Gasteiger partial charge in [0.25, 0.3) is 5.91 Å². The number of hydrogen-bond acceptors (Lipinski definition) is 3. The Labute approximate surface area is 165 Å². The molecule has 0 unspecified atom stereocenters. The Morgan fingerprint density at radius 3 is 2.75 bits per heavy atom. The maximum Gasteiger partial charge on any atom is 0.251 e. The molecule has 1 N–H and O–H groups in total. The molecule has 5 nitrogen and oxygen atoms in total. The van der Waals surface area contributed by atoms with Crippen molar-refractivity contribution in [1.29, 1.82) is 0 Å². The molecular weight excluding hydrogens is 350 g/mol. The van der Waals surface area contributed by atoms with Crippen molar-refractivity contribution in [3.05, 3.63) is 72.3 Å². The summed E-state index contributed by atoms with van der Waals surface area (Å²) in [5.74, 6) is -0.0348. The van der Waals surface area contributed by atoms with E-state index in [2.05, 4.69) is 16.8 Å². The van der Waals surface area contributed by atoms with E-state index in [1.54, 1.807) is 11.0 Å². The monoisotopic (exact) mass is 375 g/mol. The first-order chi connectivity index (χ1) is 13.7. The molecule has 2 aromatic rings. The van der Waals surface area contributed by atoms with Crippen molar-refractivity contribution in [2.75, 3.05) is 22.9 Å². The third kappa shape index (κ3) is 3.40. The third-order valence-corrected chi connectivity index (χ3v) is 5.50. The predicted molar refractivity (Wildman–Crippen MR) is 112 cm³/mol. The number of carbonyl (C=O) groups is 2. The maximum atomic E-state index is 13.0. The van der Waals surface area contributed by atoms with Gasteiger partial charge in [-0.1, -0.05) is 36.4 Å². The Hall–Kier alpha value is -3.08. The van der Waals surface area contributed by atoms with E-state index in [1.165, 1.54) is 0 Å². The molecule has 2 aliphatic rings. The van der Waals surface area contributed by atoms with Gasteiger partial charge in [0, 0.05) is 25.2 Å². The van der Waals surface area contributed by atoms with Crippen LogP contribution in [0.5, 0.6) is 0 Å². The number of hydrogen-bond donors (Lipinski definition) is 1. The number of anilines is 2. The highest BCUT2D eigenvalue weighted by molar-refractivity contribution is 6.07. The van der Waals surface area contributed by atoms with Crippen LogP contribution in [0.15, 0.2) is 61.2 Å². The molecule has 5 heteroatoms. The van der Waals surface area contributed by atoms with Crippen LogP contribution >= 0.6 is 0 Å². The summed E-state index contributed by atoms with van der Waals surface area (Å²) in [6.45, 7) is 5.60. The molecule has 1 atom stereocenters. The largest absolute Gasteiger partial charge is 0.358 e. The van der Waals surface area contributed by atoms with Gasteiger partial charge in [-0.15, -0.1) is 6.58 Å². The van der Waals surface area contributed by atoms with Gasteiger partial charge >= 0.3 is 0 Å². The summed E-state index contributed by atoms with van der Waals surface area (Å²) in [7, 11) is 0. The van der Waals surface area contributed by atoms with Crippen molar-refractivity contribution < 1.29 is 9.59 Å². The lowest BCUT2D eigenvalue weighted by Crippen LogP contribution is -2.55. The highest BCUT2D eigenvalue weighted by Gasteiger charge is 2.39. The Bertz CT molecular complexity index is 894. The zero-order chi connectivity index (χ0) is 19.5. The van der Waals surface area contributed by atoms with Crippen molar-refractivity contribution in [3.8, 4) is 0 Å². The zero-order valence-corrected chi connectivity index (χ0v) is 15.9. The zero-order valence-electron chi connectivity index (χ0n) is 15.9. The van der Waals surface area contributed by atoms with Crippen molar-refractivity contribution in [3.63, 3.8) is 0 Å². The Morgan fingerprint density at radius 1 is 1.14 bits per heavy atom. The quantitative estimate of drug-likeness (QED) is 0.814. The van der Waals surface area contributed by atoms with Crippen LogP contribution in [0.2, 0.25) is 0 Å². The molecular formula is C23H25N3O2. The molecule has 2 aromatic carbocycles. The molecule has 0 aliphatic carbocycles. The van der Waals surface area contributed by atoms with E-state index < -0.39 is 0 Å². The number of amides is 2. The van der Waals surface area contributed by atoms with Gasteiger partial charge in [0.05, 0.1) is 11.4 Å². The van der Waals surface area contributed by atoms with Crippen LogP contribution in [0.3, 0.4) is 0 Å². The minimum atomic E-state index is -0.140. The van der Waals surface area contributed by atoms with E-state index in [0.717, 1.165) is 42.7 Å². The van der Waals surface area contributed by atoms with Crippen LogP contribution in [0.4, 0.5) is 11.4 Å². The van der Waals surface area contributed by atoms with E-state index >= 15 is 0 Å². The minimum Gasteiger partial charge on any atom is -0.358 e.